The monoisotopic (exact) mass is 284 g/mol. The van der Waals surface area contributed by atoms with E-state index < -0.39 is 0 Å². The molecular weight excluding hydrogens is 268 g/mol. The van der Waals surface area contributed by atoms with E-state index in [4.69, 9.17) is 5.11 Å². The van der Waals surface area contributed by atoms with Gasteiger partial charge >= 0.3 is 0 Å². The number of carbonyl (C=O) groups is 1. The predicted molar refractivity (Wildman–Crippen MR) is 77.5 cm³/mol. The SMILES string of the molecule is Cc1cc(C(=O)NCCn2ccnn2)ccc1C#CCO. The second-order valence-corrected chi connectivity index (χ2v) is 4.41. The van der Waals surface area contributed by atoms with Crippen LogP contribution in [0.15, 0.2) is 30.6 Å². The van der Waals surface area contributed by atoms with Crippen molar-refractivity contribution in [2.24, 2.45) is 0 Å². The molecule has 21 heavy (non-hydrogen) atoms. The summed E-state index contributed by atoms with van der Waals surface area (Å²) in [6, 6.07) is 5.29. The van der Waals surface area contributed by atoms with Gasteiger partial charge in [-0.05, 0) is 30.7 Å². The Labute approximate surface area is 122 Å². The van der Waals surface area contributed by atoms with Gasteiger partial charge in [0.15, 0.2) is 0 Å². The summed E-state index contributed by atoms with van der Waals surface area (Å²) in [6.07, 6.45) is 3.34. The highest BCUT2D eigenvalue weighted by atomic mass is 16.2. The minimum absolute atomic E-state index is 0.139. The van der Waals surface area contributed by atoms with Gasteiger partial charge in [0, 0.05) is 23.9 Å². The number of aromatic nitrogens is 3. The molecule has 0 bridgehead atoms. The number of aryl methyl sites for hydroxylation is 1. The minimum Gasteiger partial charge on any atom is -0.384 e. The van der Waals surface area contributed by atoms with Gasteiger partial charge < -0.3 is 10.4 Å². The van der Waals surface area contributed by atoms with Gasteiger partial charge in [-0.25, -0.2) is 0 Å². The summed E-state index contributed by atoms with van der Waals surface area (Å²) in [5.41, 5.74) is 2.30. The van der Waals surface area contributed by atoms with Crippen molar-refractivity contribution in [1.82, 2.24) is 20.3 Å². The highest BCUT2D eigenvalue weighted by molar-refractivity contribution is 5.94. The number of hydrogen-bond donors (Lipinski definition) is 2. The van der Waals surface area contributed by atoms with Crippen molar-refractivity contribution in [3.8, 4) is 11.8 Å². The molecule has 1 heterocycles. The molecule has 2 N–H and O–H groups in total. The van der Waals surface area contributed by atoms with E-state index in [0.717, 1.165) is 11.1 Å². The average Bonchev–Trinajstić information content (AvgIpc) is 2.99. The van der Waals surface area contributed by atoms with Gasteiger partial charge in [-0.1, -0.05) is 17.1 Å². The van der Waals surface area contributed by atoms with Crippen molar-refractivity contribution in [3.05, 3.63) is 47.3 Å². The zero-order chi connectivity index (χ0) is 15.1. The molecule has 2 rings (SSSR count). The molecule has 0 saturated heterocycles. The van der Waals surface area contributed by atoms with E-state index >= 15 is 0 Å². The topological polar surface area (TPSA) is 80.0 Å². The summed E-state index contributed by atoms with van der Waals surface area (Å²) in [6.45, 7) is 2.76. The maximum atomic E-state index is 12.0. The molecule has 0 aliphatic rings. The molecule has 0 radical (unpaired) electrons. The number of rotatable bonds is 4. The first-order chi connectivity index (χ1) is 10.2. The molecule has 1 aromatic carbocycles. The summed E-state index contributed by atoms with van der Waals surface area (Å²) in [5, 5.41) is 19.0. The van der Waals surface area contributed by atoms with Crippen LogP contribution in [0.3, 0.4) is 0 Å². The molecule has 6 heteroatoms. The Balaban J connectivity index is 1.94. The van der Waals surface area contributed by atoms with E-state index in [-0.39, 0.29) is 12.5 Å². The summed E-state index contributed by atoms with van der Waals surface area (Å²) >= 11 is 0. The Morgan fingerprint density at radius 2 is 2.33 bits per heavy atom. The molecule has 0 atom stereocenters. The van der Waals surface area contributed by atoms with Gasteiger partial charge in [-0.2, -0.15) is 0 Å². The van der Waals surface area contributed by atoms with Crippen LogP contribution in [0.2, 0.25) is 0 Å². The fourth-order valence-electron chi connectivity index (χ4n) is 1.82. The quantitative estimate of drug-likeness (QED) is 0.795. The lowest BCUT2D eigenvalue weighted by Crippen LogP contribution is -2.27. The van der Waals surface area contributed by atoms with E-state index in [1.165, 1.54) is 0 Å². The number of hydrogen-bond acceptors (Lipinski definition) is 4. The summed E-state index contributed by atoms with van der Waals surface area (Å²) in [7, 11) is 0. The molecule has 0 aliphatic carbocycles. The van der Waals surface area contributed by atoms with Gasteiger partial charge in [-0.3, -0.25) is 9.48 Å². The highest BCUT2D eigenvalue weighted by Gasteiger charge is 2.06. The van der Waals surface area contributed by atoms with Crippen molar-refractivity contribution in [1.29, 1.82) is 0 Å². The average molecular weight is 284 g/mol. The van der Waals surface area contributed by atoms with Crippen LogP contribution in [0.4, 0.5) is 0 Å². The maximum absolute atomic E-state index is 12.0. The number of amides is 1. The lowest BCUT2D eigenvalue weighted by molar-refractivity contribution is 0.0952. The van der Waals surface area contributed by atoms with Crippen LogP contribution >= 0.6 is 0 Å². The van der Waals surface area contributed by atoms with Gasteiger partial charge in [0.1, 0.15) is 6.61 Å². The number of carbonyl (C=O) groups excluding carboxylic acids is 1. The van der Waals surface area contributed by atoms with Gasteiger partial charge in [-0.15, -0.1) is 5.10 Å². The Kier molecular flexibility index (Phi) is 5.07. The molecule has 1 aromatic heterocycles. The second kappa shape index (κ2) is 7.22. The molecule has 0 aliphatic heterocycles. The summed E-state index contributed by atoms with van der Waals surface area (Å²) < 4.78 is 1.65. The molecule has 0 unspecified atom stereocenters. The van der Waals surface area contributed by atoms with Crippen molar-refractivity contribution < 1.29 is 9.90 Å². The molecule has 0 spiro atoms. The van der Waals surface area contributed by atoms with Crippen LogP contribution in [0.25, 0.3) is 0 Å². The highest BCUT2D eigenvalue weighted by Crippen LogP contribution is 2.10. The third-order valence-corrected chi connectivity index (χ3v) is 2.89. The van der Waals surface area contributed by atoms with Gasteiger partial charge in [0.25, 0.3) is 5.91 Å². The minimum atomic E-state index is -0.177. The lowest BCUT2D eigenvalue weighted by atomic mass is 10.0. The van der Waals surface area contributed by atoms with Crippen LogP contribution in [-0.4, -0.2) is 39.2 Å². The Morgan fingerprint density at radius 3 is 3.00 bits per heavy atom. The maximum Gasteiger partial charge on any atom is 0.251 e. The van der Waals surface area contributed by atoms with Crippen LogP contribution < -0.4 is 5.32 Å². The Morgan fingerprint density at radius 1 is 1.48 bits per heavy atom. The first-order valence-electron chi connectivity index (χ1n) is 6.53. The Bertz CT molecular complexity index is 669. The smallest absolute Gasteiger partial charge is 0.251 e. The van der Waals surface area contributed by atoms with Crippen molar-refractivity contribution in [3.63, 3.8) is 0 Å². The molecule has 2 aromatic rings. The number of nitrogens with one attached hydrogen (secondary N) is 1. The third-order valence-electron chi connectivity index (χ3n) is 2.89. The standard InChI is InChI=1S/C15H16N4O2/c1-12-11-14(5-4-13(12)3-2-10-20)15(21)16-6-8-19-9-7-17-18-19/h4-5,7,9,11,20H,6,8,10H2,1H3,(H,16,21). The zero-order valence-corrected chi connectivity index (χ0v) is 11.7. The molecule has 6 nitrogen and oxygen atoms in total. The van der Waals surface area contributed by atoms with E-state index in [1.807, 2.05) is 6.92 Å². The van der Waals surface area contributed by atoms with E-state index in [1.54, 1.807) is 35.3 Å². The largest absolute Gasteiger partial charge is 0.384 e. The zero-order valence-electron chi connectivity index (χ0n) is 11.7. The van der Waals surface area contributed by atoms with E-state index in [9.17, 15) is 4.79 Å². The van der Waals surface area contributed by atoms with Crippen LogP contribution in [0.5, 0.6) is 0 Å². The van der Waals surface area contributed by atoms with Crippen LogP contribution in [-0.2, 0) is 6.54 Å². The van der Waals surface area contributed by atoms with Crippen LogP contribution in [0.1, 0.15) is 21.5 Å². The molecular formula is C15H16N4O2. The number of nitrogens with zero attached hydrogens (tertiary/aromatic N) is 3. The Hall–Kier alpha value is -2.65. The molecule has 0 fully saturated rings. The fourth-order valence-corrected chi connectivity index (χ4v) is 1.82. The van der Waals surface area contributed by atoms with Gasteiger partial charge in [0.05, 0.1) is 12.7 Å². The first kappa shape index (κ1) is 14.8. The van der Waals surface area contributed by atoms with E-state index in [2.05, 4.69) is 27.5 Å². The summed E-state index contributed by atoms with van der Waals surface area (Å²) in [4.78, 5) is 12.0. The summed E-state index contributed by atoms with van der Waals surface area (Å²) in [5.74, 6) is 5.29. The molecule has 0 saturated carbocycles. The van der Waals surface area contributed by atoms with E-state index in [0.29, 0.717) is 18.7 Å². The number of aliphatic hydroxyl groups excluding tert-OH is 1. The number of aliphatic hydroxyl groups is 1. The molecule has 108 valence electrons. The van der Waals surface area contributed by atoms with Crippen molar-refractivity contribution in [2.75, 3.05) is 13.2 Å². The fraction of sp³-hybridized carbons (Fsp3) is 0.267. The third kappa shape index (κ3) is 4.16. The normalized spacial score (nSPS) is 9.81. The van der Waals surface area contributed by atoms with Crippen molar-refractivity contribution >= 4 is 5.91 Å². The van der Waals surface area contributed by atoms with Gasteiger partial charge in [0.2, 0.25) is 0 Å². The first-order valence-corrected chi connectivity index (χ1v) is 6.53. The van der Waals surface area contributed by atoms with Crippen LogP contribution in [0, 0.1) is 18.8 Å². The predicted octanol–water partition coefficient (Wildman–Crippen LogP) is 0.360. The van der Waals surface area contributed by atoms with Crippen molar-refractivity contribution in [2.45, 2.75) is 13.5 Å². The number of benzene rings is 1. The molecule has 1 amide bonds. The second-order valence-electron chi connectivity index (χ2n) is 4.41. The lowest BCUT2D eigenvalue weighted by Gasteiger charge is -2.07.